The highest BCUT2D eigenvalue weighted by Gasteiger charge is 2.44. The van der Waals surface area contributed by atoms with Crippen LogP contribution in [0.1, 0.15) is 81.4 Å². The van der Waals surface area contributed by atoms with Gasteiger partial charge >= 0.3 is 5.97 Å². The Balaban J connectivity index is 1.39. The molecule has 2 fully saturated rings. The molecule has 2 saturated heterocycles. The second-order valence-corrected chi connectivity index (χ2v) is 20.5. The third-order valence-electron chi connectivity index (χ3n) is 14.1. The van der Waals surface area contributed by atoms with Gasteiger partial charge in [-0.1, -0.05) is 78.9 Å². The van der Waals surface area contributed by atoms with Crippen molar-refractivity contribution in [3.05, 3.63) is 108 Å². The van der Waals surface area contributed by atoms with E-state index in [4.69, 9.17) is 22.3 Å². The molecular weight excluding hydrogens is 1040 g/mol. The lowest BCUT2D eigenvalue weighted by Crippen LogP contribution is -2.60. The number of benzene rings is 3. The maximum Gasteiger partial charge on any atom is 0.326 e. The fourth-order valence-corrected chi connectivity index (χ4v) is 10.1. The quantitative estimate of drug-likeness (QED) is 0.0344. The van der Waals surface area contributed by atoms with Crippen LogP contribution < -0.4 is 59.3 Å². The summed E-state index contributed by atoms with van der Waals surface area (Å²) >= 11 is 0. The molecule has 81 heavy (non-hydrogen) atoms. The summed E-state index contributed by atoms with van der Waals surface area (Å²) in [6.45, 7) is 1.49. The van der Waals surface area contributed by atoms with Crippen molar-refractivity contribution >= 4 is 76.0 Å². The van der Waals surface area contributed by atoms with E-state index in [0.29, 0.717) is 17.5 Å². The predicted molar refractivity (Wildman–Crippen MR) is 301 cm³/mol. The van der Waals surface area contributed by atoms with Crippen LogP contribution in [0, 0.1) is 16.7 Å². The number of aromatic nitrogens is 1. The van der Waals surface area contributed by atoms with E-state index in [1.165, 1.54) is 11.8 Å². The number of carbonyl (C=O) groups is 9. The summed E-state index contributed by atoms with van der Waals surface area (Å²) < 4.78 is 0. The third-order valence-corrected chi connectivity index (χ3v) is 14.1. The van der Waals surface area contributed by atoms with E-state index < -0.39 is 102 Å². The van der Waals surface area contributed by atoms with Gasteiger partial charge in [-0.25, -0.2) is 4.79 Å². The van der Waals surface area contributed by atoms with Gasteiger partial charge in [0.05, 0.1) is 6.42 Å². The van der Waals surface area contributed by atoms with E-state index in [0.717, 1.165) is 16.5 Å². The molecule has 1 aromatic heterocycles. The zero-order valence-electron chi connectivity index (χ0n) is 45.3. The van der Waals surface area contributed by atoms with Gasteiger partial charge in [-0.05, 0) is 86.5 Å². The average molecular weight is 1120 g/mol. The van der Waals surface area contributed by atoms with Crippen LogP contribution in [0.25, 0.3) is 10.9 Å². The number of aliphatic carboxylic acids is 1. The van der Waals surface area contributed by atoms with Gasteiger partial charge in [0.2, 0.25) is 47.3 Å². The average Bonchev–Trinajstić information content (AvgIpc) is 4.20. The summed E-state index contributed by atoms with van der Waals surface area (Å²) in [4.78, 5) is 132. The minimum absolute atomic E-state index is 0.00501. The minimum Gasteiger partial charge on any atom is -0.480 e. The lowest BCUT2D eigenvalue weighted by molar-refractivity contribution is -0.143. The smallest absolute Gasteiger partial charge is 0.326 e. The number of carbonyl (C=O) groups excluding carboxylic acids is 8. The summed E-state index contributed by atoms with van der Waals surface area (Å²) in [7, 11) is 0. The molecule has 17 N–H and O–H groups in total. The molecule has 0 unspecified atom stereocenters. The topological polar surface area (TPSA) is 401 Å². The lowest BCUT2D eigenvalue weighted by Gasteiger charge is -2.31. The van der Waals surface area contributed by atoms with E-state index in [1.54, 1.807) is 42.6 Å². The van der Waals surface area contributed by atoms with Crippen molar-refractivity contribution in [2.45, 2.75) is 126 Å². The van der Waals surface area contributed by atoms with Crippen molar-refractivity contribution in [3.63, 3.8) is 0 Å². The molecule has 0 radical (unpaired) electrons. The second-order valence-electron chi connectivity index (χ2n) is 20.5. The molecule has 25 heteroatoms. The first-order valence-corrected chi connectivity index (χ1v) is 27.2. The minimum atomic E-state index is -1.60. The van der Waals surface area contributed by atoms with Gasteiger partial charge in [0.25, 0.3) is 0 Å². The maximum absolute atomic E-state index is 15.2. The Labute approximate surface area is 469 Å². The number of nitrogens with two attached hydrogens (primary N) is 2. The monoisotopic (exact) mass is 1120 g/mol. The number of hydrogen-bond donors (Lipinski definition) is 15. The molecule has 2 aliphatic heterocycles. The second kappa shape index (κ2) is 30.4. The summed E-state index contributed by atoms with van der Waals surface area (Å²) in [5.41, 5.74) is 13.9. The molecule has 0 saturated carbocycles. The van der Waals surface area contributed by atoms with E-state index in [2.05, 4.69) is 52.8 Å². The number of nitrogens with zero attached hydrogens (tertiary/aromatic N) is 1. The van der Waals surface area contributed by atoms with Crippen LogP contribution in [-0.2, 0) is 62.4 Å². The summed E-state index contributed by atoms with van der Waals surface area (Å²) in [6.07, 6.45) is 2.09. The van der Waals surface area contributed by atoms with Crippen LogP contribution in [0.4, 0.5) is 0 Å². The number of guanidine groups is 2. The van der Waals surface area contributed by atoms with Crippen molar-refractivity contribution in [1.29, 1.82) is 10.8 Å². The van der Waals surface area contributed by atoms with Crippen LogP contribution in [0.15, 0.2) is 91.1 Å². The summed E-state index contributed by atoms with van der Waals surface area (Å²) in [5, 5.41) is 50.6. The molecule has 0 bridgehead atoms. The number of hydrogen-bond acceptors (Lipinski definition) is 11. The number of carboxylic acid groups (broad SMARTS) is 1. The van der Waals surface area contributed by atoms with Crippen LogP contribution in [0.5, 0.6) is 0 Å². The molecule has 6 rings (SSSR count). The first kappa shape index (κ1) is 61.2. The number of aromatic amines is 1. The zero-order valence-corrected chi connectivity index (χ0v) is 45.3. The lowest BCUT2D eigenvalue weighted by atomic mass is 9.96. The van der Waals surface area contributed by atoms with E-state index in [1.807, 2.05) is 48.5 Å². The highest BCUT2D eigenvalue weighted by molar-refractivity contribution is 5.99. The Morgan fingerprint density at radius 2 is 1.32 bits per heavy atom. The van der Waals surface area contributed by atoms with Gasteiger partial charge in [0, 0.05) is 63.0 Å². The Kier molecular flexibility index (Phi) is 22.9. The molecule has 8 atom stereocenters. The Morgan fingerprint density at radius 1 is 0.728 bits per heavy atom. The Morgan fingerprint density at radius 3 is 1.99 bits per heavy atom. The van der Waals surface area contributed by atoms with Crippen molar-refractivity contribution in [2.75, 3.05) is 26.2 Å². The van der Waals surface area contributed by atoms with Gasteiger partial charge in [-0.15, -0.1) is 0 Å². The van der Waals surface area contributed by atoms with Crippen LogP contribution >= 0.6 is 0 Å². The predicted octanol–water partition coefficient (Wildman–Crippen LogP) is -0.357. The first-order valence-electron chi connectivity index (χ1n) is 27.2. The van der Waals surface area contributed by atoms with Crippen LogP contribution in [-0.4, -0.2) is 149 Å². The van der Waals surface area contributed by atoms with Gasteiger partial charge in [-0.3, -0.25) is 49.2 Å². The van der Waals surface area contributed by atoms with Gasteiger partial charge in [0.15, 0.2) is 11.9 Å². The number of para-hydroxylation sites is 1. The Hall–Kier alpha value is -9.03. The van der Waals surface area contributed by atoms with E-state index in [-0.39, 0.29) is 108 Å². The molecule has 4 aromatic rings. The van der Waals surface area contributed by atoms with E-state index >= 15 is 9.59 Å². The molecule has 434 valence electrons. The molecule has 3 heterocycles. The molecule has 8 amide bonds. The third kappa shape index (κ3) is 19.1. The summed E-state index contributed by atoms with van der Waals surface area (Å²) in [5.74, 6) is -8.36. The van der Waals surface area contributed by atoms with Crippen LogP contribution in [0.3, 0.4) is 0 Å². The number of amides is 8. The highest BCUT2D eigenvalue weighted by Crippen LogP contribution is 2.29. The highest BCUT2D eigenvalue weighted by atomic mass is 16.4. The van der Waals surface area contributed by atoms with Crippen LogP contribution in [0.2, 0.25) is 0 Å². The van der Waals surface area contributed by atoms with Crippen molar-refractivity contribution < 1.29 is 48.3 Å². The molecule has 0 aliphatic carbocycles. The van der Waals surface area contributed by atoms with Gasteiger partial charge in [0.1, 0.15) is 42.3 Å². The first-order chi connectivity index (χ1) is 38.8. The summed E-state index contributed by atoms with van der Waals surface area (Å²) in [6, 6.07) is 15.8. The van der Waals surface area contributed by atoms with Crippen molar-refractivity contribution in [1.82, 2.24) is 57.7 Å². The molecule has 25 nitrogen and oxygen atoms in total. The molecule has 3 aromatic carbocycles. The number of rotatable bonds is 18. The molecule has 0 spiro atoms. The number of carboxylic acids is 1. The van der Waals surface area contributed by atoms with Gasteiger partial charge in [-0.2, -0.15) is 0 Å². The van der Waals surface area contributed by atoms with Crippen molar-refractivity contribution in [2.24, 2.45) is 17.4 Å². The normalized spacial score (nSPS) is 22.1. The Bertz CT molecular complexity index is 2870. The zero-order chi connectivity index (χ0) is 58.4. The number of H-pyrrole nitrogens is 1. The molecular formula is C56H75N15O10. The maximum atomic E-state index is 15.2. The number of fused-ring (bicyclic) bond motifs is 2. The van der Waals surface area contributed by atoms with Crippen molar-refractivity contribution in [3.8, 4) is 0 Å². The number of nitrogens with one attached hydrogen (secondary N) is 12. The largest absolute Gasteiger partial charge is 0.480 e. The van der Waals surface area contributed by atoms with E-state index in [9.17, 15) is 38.7 Å². The SMILES string of the molecule is CC(=O)N[C@@H](CCCNC(=N)N)C(=O)N[C@H]1CC(=O)NCCCC[C@@H](C(=O)O)NC(=O)[C@H](Cc2c[nH]c3ccccc23)NC(=O)[C@H](CCCNC(=N)N)NC(=O)[C@@H](Cc2ccccc2)NC(=O)[C@@H]2C[C@@H](Cc3ccccc3)CN2C1=O. The fraction of sp³-hybridized carbons (Fsp3) is 0.446. The molecule has 2 aliphatic rings. The standard InChI is InChI=1S/C56H75N15O10/c1-33(72)65-40(21-12-24-62-55(57)58)48(74)70-45-30-47(73)61-23-11-10-20-42(54(80)81)67-51(77)44(29-37-31-64-39-19-9-8-18-38(37)39)68-49(75)41(22-13-25-63-56(59)60)66-50(76)43(27-35-16-6-3-7-17-35)69-52(78)46-28-36(32-71(46)53(45)79)26-34-14-4-2-5-15-34/h2-9,14-19,31,36,40-46,64H,10-13,20-30,32H2,1H3,(H,61,73)(H,65,72)(H,66,76)(H,67,77)(H,68,75)(H,69,78)(H,70,74)(H,80,81)(H4,57,58,62)(H4,59,60,63)/t36-,40+,41+,42+,43-,44+,45+,46+/m1/s1. The fourth-order valence-electron chi connectivity index (χ4n) is 10.1. The van der Waals surface area contributed by atoms with Gasteiger partial charge < -0.3 is 74.3 Å².